The van der Waals surface area contributed by atoms with E-state index >= 15 is 0 Å². The van der Waals surface area contributed by atoms with E-state index in [9.17, 15) is 13.5 Å². The number of nitrogens with zero attached hydrogens (tertiary/aromatic N) is 4. The molecule has 0 fully saturated rings. The summed E-state index contributed by atoms with van der Waals surface area (Å²) in [5.41, 5.74) is 1.45. The highest BCUT2D eigenvalue weighted by Crippen LogP contribution is 2.27. The van der Waals surface area contributed by atoms with Crippen molar-refractivity contribution in [1.82, 2.24) is 20.2 Å². The van der Waals surface area contributed by atoms with Crippen LogP contribution in [0.2, 0.25) is 0 Å². The number of hydrogen-bond acceptors (Lipinski definition) is 7. The smallest absolute Gasteiger partial charge is 0.175 e. The Morgan fingerprint density at radius 3 is 2.42 bits per heavy atom. The van der Waals surface area contributed by atoms with Gasteiger partial charge in [-0.2, -0.15) is 0 Å². The molecule has 0 spiro atoms. The molecule has 0 radical (unpaired) electrons. The van der Waals surface area contributed by atoms with Crippen LogP contribution in [-0.4, -0.2) is 39.9 Å². The predicted molar refractivity (Wildman–Crippen MR) is 94.1 cm³/mol. The largest absolute Gasteiger partial charge is 0.384 e. The quantitative estimate of drug-likeness (QED) is 0.723. The standard InChI is InChI=1S/C17H20N4O4S/c1-11-16(12(2)25-19-11)15-9-21(20-18-15)10-17(3,22)13-5-7-14(8-6-13)26(4,23)24/h5-9,22H,10H2,1-4H3. The summed E-state index contributed by atoms with van der Waals surface area (Å²) in [6.45, 7) is 5.42. The van der Waals surface area contributed by atoms with Gasteiger partial charge < -0.3 is 9.63 Å². The first-order chi connectivity index (χ1) is 12.1. The van der Waals surface area contributed by atoms with E-state index < -0.39 is 15.4 Å². The van der Waals surface area contributed by atoms with Crippen LogP contribution in [0.5, 0.6) is 0 Å². The highest BCUT2D eigenvalue weighted by molar-refractivity contribution is 7.90. The van der Waals surface area contributed by atoms with Crippen LogP contribution in [0.25, 0.3) is 11.3 Å². The molecular weight excluding hydrogens is 356 g/mol. The minimum absolute atomic E-state index is 0.154. The van der Waals surface area contributed by atoms with Gasteiger partial charge in [0.25, 0.3) is 0 Å². The Morgan fingerprint density at radius 1 is 1.23 bits per heavy atom. The first kappa shape index (κ1) is 18.3. The van der Waals surface area contributed by atoms with Crippen molar-refractivity contribution in [1.29, 1.82) is 0 Å². The van der Waals surface area contributed by atoms with E-state index in [1.807, 2.05) is 6.92 Å². The Balaban J connectivity index is 1.84. The number of hydrogen-bond donors (Lipinski definition) is 1. The second-order valence-electron chi connectivity index (χ2n) is 6.57. The molecule has 8 nitrogen and oxygen atoms in total. The molecular formula is C17H20N4O4S. The van der Waals surface area contributed by atoms with Crippen LogP contribution in [0, 0.1) is 13.8 Å². The van der Waals surface area contributed by atoms with Crippen molar-refractivity contribution < 1.29 is 18.0 Å². The molecule has 1 unspecified atom stereocenters. The van der Waals surface area contributed by atoms with Crippen LogP contribution in [0.15, 0.2) is 39.9 Å². The second-order valence-corrected chi connectivity index (χ2v) is 8.59. The van der Waals surface area contributed by atoms with Crippen molar-refractivity contribution in [3.8, 4) is 11.3 Å². The van der Waals surface area contributed by atoms with Gasteiger partial charge in [0.2, 0.25) is 0 Å². The van der Waals surface area contributed by atoms with E-state index in [1.165, 1.54) is 16.8 Å². The molecule has 9 heteroatoms. The molecule has 0 aliphatic carbocycles. The Morgan fingerprint density at radius 2 is 1.88 bits per heavy atom. The monoisotopic (exact) mass is 376 g/mol. The second kappa shape index (κ2) is 6.33. The van der Waals surface area contributed by atoms with Crippen molar-refractivity contribution in [3.63, 3.8) is 0 Å². The highest BCUT2D eigenvalue weighted by Gasteiger charge is 2.26. The Labute approximate surface area is 151 Å². The zero-order valence-corrected chi connectivity index (χ0v) is 15.8. The van der Waals surface area contributed by atoms with Gasteiger partial charge in [-0.3, -0.25) is 0 Å². The molecule has 1 aromatic carbocycles. The van der Waals surface area contributed by atoms with Gasteiger partial charge in [-0.15, -0.1) is 5.10 Å². The SMILES string of the molecule is Cc1noc(C)c1-c1cn(CC(C)(O)c2ccc(S(C)(=O)=O)cc2)nn1. The average Bonchev–Trinajstić information content (AvgIpc) is 3.12. The minimum atomic E-state index is -3.28. The topological polar surface area (TPSA) is 111 Å². The lowest BCUT2D eigenvalue weighted by Crippen LogP contribution is -2.28. The van der Waals surface area contributed by atoms with Crippen molar-refractivity contribution in [2.75, 3.05) is 6.26 Å². The van der Waals surface area contributed by atoms with Crippen molar-refractivity contribution >= 4 is 9.84 Å². The molecule has 1 atom stereocenters. The molecule has 0 amide bonds. The van der Waals surface area contributed by atoms with Crippen LogP contribution in [0.4, 0.5) is 0 Å². The van der Waals surface area contributed by atoms with Gasteiger partial charge in [0.05, 0.1) is 28.9 Å². The van der Waals surface area contributed by atoms with Gasteiger partial charge in [-0.1, -0.05) is 22.5 Å². The molecule has 3 rings (SSSR count). The zero-order chi connectivity index (χ0) is 19.1. The van der Waals surface area contributed by atoms with E-state index in [-0.39, 0.29) is 11.4 Å². The van der Waals surface area contributed by atoms with Crippen molar-refractivity contribution in [2.24, 2.45) is 0 Å². The molecule has 0 bridgehead atoms. The molecule has 2 heterocycles. The van der Waals surface area contributed by atoms with E-state index in [1.54, 1.807) is 32.2 Å². The third-order valence-electron chi connectivity index (χ3n) is 4.20. The average molecular weight is 376 g/mol. The zero-order valence-electron chi connectivity index (χ0n) is 15.0. The van der Waals surface area contributed by atoms with Gasteiger partial charge in [0, 0.05) is 6.26 Å². The van der Waals surface area contributed by atoms with Gasteiger partial charge in [-0.05, 0) is 38.5 Å². The van der Waals surface area contributed by atoms with E-state index in [4.69, 9.17) is 4.52 Å². The maximum atomic E-state index is 11.6. The number of benzene rings is 1. The first-order valence-corrected chi connectivity index (χ1v) is 9.83. The lowest BCUT2D eigenvalue weighted by atomic mass is 9.96. The predicted octanol–water partition coefficient (Wildman–Crippen LogP) is 1.86. The number of aliphatic hydroxyl groups is 1. The summed E-state index contributed by atoms with van der Waals surface area (Å²) in [5.74, 6) is 0.651. The molecule has 26 heavy (non-hydrogen) atoms. The molecule has 0 saturated carbocycles. The molecule has 0 aliphatic heterocycles. The Bertz CT molecular complexity index is 1010. The summed E-state index contributed by atoms with van der Waals surface area (Å²) in [4.78, 5) is 0.207. The lowest BCUT2D eigenvalue weighted by Gasteiger charge is -2.23. The van der Waals surface area contributed by atoms with Crippen LogP contribution >= 0.6 is 0 Å². The van der Waals surface area contributed by atoms with Crippen LogP contribution in [-0.2, 0) is 22.0 Å². The first-order valence-electron chi connectivity index (χ1n) is 7.94. The fourth-order valence-electron chi connectivity index (χ4n) is 2.81. The van der Waals surface area contributed by atoms with Crippen molar-refractivity contribution in [2.45, 2.75) is 37.8 Å². The fraction of sp³-hybridized carbons (Fsp3) is 0.353. The number of aryl methyl sites for hydroxylation is 2. The summed E-state index contributed by atoms with van der Waals surface area (Å²) < 4.78 is 29.8. The summed E-state index contributed by atoms with van der Waals surface area (Å²) in [5, 5.41) is 22.9. The van der Waals surface area contributed by atoms with E-state index in [0.29, 0.717) is 17.0 Å². The van der Waals surface area contributed by atoms with E-state index in [2.05, 4.69) is 15.5 Å². The summed E-state index contributed by atoms with van der Waals surface area (Å²) in [7, 11) is -3.28. The minimum Gasteiger partial charge on any atom is -0.384 e. The molecule has 1 N–H and O–H groups in total. The Hall–Kier alpha value is -2.52. The van der Waals surface area contributed by atoms with Gasteiger partial charge in [0.15, 0.2) is 9.84 Å². The number of sulfone groups is 1. The van der Waals surface area contributed by atoms with Crippen LogP contribution < -0.4 is 0 Å². The fourth-order valence-corrected chi connectivity index (χ4v) is 3.44. The van der Waals surface area contributed by atoms with Crippen molar-refractivity contribution in [3.05, 3.63) is 47.5 Å². The van der Waals surface area contributed by atoms with Gasteiger partial charge >= 0.3 is 0 Å². The normalized spacial score (nSPS) is 14.3. The van der Waals surface area contributed by atoms with Gasteiger partial charge in [-0.25, -0.2) is 13.1 Å². The summed E-state index contributed by atoms with van der Waals surface area (Å²) >= 11 is 0. The van der Waals surface area contributed by atoms with E-state index in [0.717, 1.165) is 17.5 Å². The molecule has 3 aromatic rings. The van der Waals surface area contributed by atoms with Crippen LogP contribution in [0.3, 0.4) is 0 Å². The summed E-state index contributed by atoms with van der Waals surface area (Å²) in [6, 6.07) is 6.16. The Kier molecular flexibility index (Phi) is 4.45. The summed E-state index contributed by atoms with van der Waals surface area (Å²) in [6.07, 6.45) is 2.86. The molecule has 0 aliphatic rings. The highest BCUT2D eigenvalue weighted by atomic mass is 32.2. The third kappa shape index (κ3) is 3.54. The maximum absolute atomic E-state index is 11.6. The van der Waals surface area contributed by atoms with Gasteiger partial charge in [0.1, 0.15) is 17.1 Å². The lowest BCUT2D eigenvalue weighted by molar-refractivity contribution is 0.0340. The molecule has 138 valence electrons. The maximum Gasteiger partial charge on any atom is 0.175 e. The third-order valence-corrected chi connectivity index (χ3v) is 5.33. The number of rotatable bonds is 5. The molecule has 2 aromatic heterocycles. The van der Waals surface area contributed by atoms with Crippen LogP contribution in [0.1, 0.15) is 23.9 Å². The molecule has 0 saturated heterocycles. The number of aromatic nitrogens is 4.